The molecule has 0 unspecified atom stereocenters. The highest BCUT2D eigenvalue weighted by atomic mass is 32.3. The second-order valence-electron chi connectivity index (χ2n) is 3.09. The van der Waals surface area contributed by atoms with Crippen LogP contribution in [-0.4, -0.2) is 32.8 Å². The van der Waals surface area contributed by atoms with E-state index in [-0.39, 0.29) is 0 Å². The van der Waals surface area contributed by atoms with Crippen LogP contribution in [0, 0.1) is 0 Å². The third-order valence-corrected chi connectivity index (χ3v) is 4.78. The number of nitrogens with zero attached hydrogens (tertiary/aromatic N) is 2. The first-order valence-electron chi connectivity index (χ1n) is 4.47. The van der Waals surface area contributed by atoms with Crippen molar-refractivity contribution in [2.75, 3.05) is 23.8 Å². The lowest BCUT2D eigenvalue weighted by Gasteiger charge is -2.24. The van der Waals surface area contributed by atoms with Gasteiger partial charge in [0, 0.05) is 26.0 Å². The topological polar surface area (TPSA) is 40.6 Å². The fourth-order valence-corrected chi connectivity index (χ4v) is 3.11. The van der Waals surface area contributed by atoms with Gasteiger partial charge in [-0.2, -0.15) is 16.4 Å². The van der Waals surface area contributed by atoms with Gasteiger partial charge in [-0.3, -0.25) is 0 Å². The van der Waals surface area contributed by atoms with Crippen LogP contribution in [0.25, 0.3) is 0 Å². The summed E-state index contributed by atoms with van der Waals surface area (Å²) < 4.78 is 38.1. The molecule has 0 aliphatic rings. The van der Waals surface area contributed by atoms with E-state index >= 15 is 0 Å². The first kappa shape index (κ1) is 13.3. The summed E-state index contributed by atoms with van der Waals surface area (Å²) in [5, 5.41) is 0. The molecule has 0 amide bonds. The Labute approximate surface area is 99.4 Å². The van der Waals surface area contributed by atoms with Gasteiger partial charge in [0.1, 0.15) is 0 Å². The number of benzene rings is 1. The quantitative estimate of drug-likeness (QED) is 0.762. The first-order chi connectivity index (χ1) is 7.50. The van der Waals surface area contributed by atoms with Crippen molar-refractivity contribution >= 4 is 27.8 Å². The highest BCUT2D eigenvalue weighted by Crippen LogP contribution is 2.27. The number of hydrogen-bond acceptors (Lipinski definition) is 3. The van der Waals surface area contributed by atoms with Crippen LogP contribution in [0.4, 0.5) is 10.1 Å². The molecule has 1 aromatic carbocycles. The lowest BCUT2D eigenvalue weighted by Crippen LogP contribution is -2.35. The van der Waals surface area contributed by atoms with Gasteiger partial charge in [0.05, 0.1) is 5.69 Å². The molecular formula is C9H13FN2O2S2. The van der Waals surface area contributed by atoms with Crippen molar-refractivity contribution in [1.82, 2.24) is 4.31 Å². The maximum Gasteiger partial charge on any atom is 0.313 e. The van der Waals surface area contributed by atoms with Crippen LogP contribution in [0.1, 0.15) is 0 Å². The second kappa shape index (κ2) is 5.51. The summed E-state index contributed by atoms with van der Waals surface area (Å²) >= 11 is 0.602. The van der Waals surface area contributed by atoms with Gasteiger partial charge in [-0.15, -0.1) is 0 Å². The van der Waals surface area contributed by atoms with Crippen LogP contribution in [0.2, 0.25) is 0 Å². The van der Waals surface area contributed by atoms with Crippen LogP contribution in [-0.2, 0) is 10.2 Å². The number of para-hydroxylation sites is 1. The minimum Gasteiger partial charge on any atom is -0.237 e. The van der Waals surface area contributed by atoms with Crippen molar-refractivity contribution in [3.8, 4) is 0 Å². The van der Waals surface area contributed by atoms with Crippen LogP contribution < -0.4 is 3.71 Å². The maximum absolute atomic E-state index is 12.4. The van der Waals surface area contributed by atoms with Crippen LogP contribution in [0.15, 0.2) is 30.3 Å². The fourth-order valence-electron chi connectivity index (χ4n) is 1.02. The maximum atomic E-state index is 12.4. The van der Waals surface area contributed by atoms with E-state index in [2.05, 4.69) is 0 Å². The Kier molecular flexibility index (Phi) is 4.57. The summed E-state index contributed by atoms with van der Waals surface area (Å²) in [6, 6.07) is 7.60. The third kappa shape index (κ3) is 2.87. The molecule has 1 rings (SSSR count). The van der Waals surface area contributed by atoms with E-state index in [1.54, 1.807) is 30.3 Å². The van der Waals surface area contributed by atoms with Crippen molar-refractivity contribution in [3.63, 3.8) is 0 Å². The molecule has 7 heteroatoms. The normalized spacial score (nSPS) is 11.8. The molecule has 0 radical (unpaired) electrons. The van der Waals surface area contributed by atoms with Crippen molar-refractivity contribution < 1.29 is 12.8 Å². The molecule has 0 atom stereocenters. The van der Waals surface area contributed by atoms with Crippen LogP contribution >= 0.6 is 11.9 Å². The molecule has 0 saturated heterocycles. The van der Waals surface area contributed by atoms with Gasteiger partial charge >= 0.3 is 10.2 Å². The average Bonchev–Trinajstić information content (AvgIpc) is 2.26. The second-order valence-corrected chi connectivity index (χ2v) is 6.15. The minimum absolute atomic E-state index is 0.429. The third-order valence-electron chi connectivity index (χ3n) is 1.80. The zero-order chi connectivity index (χ0) is 12.2. The number of rotatable bonds is 5. The van der Waals surface area contributed by atoms with E-state index in [0.29, 0.717) is 17.6 Å². The number of hydrogen-bond donors (Lipinski definition) is 0. The Morgan fingerprint density at radius 2 is 1.81 bits per heavy atom. The summed E-state index contributed by atoms with van der Waals surface area (Å²) in [6.07, 6.45) is 0. The fraction of sp³-hybridized carbons (Fsp3) is 0.333. The molecule has 0 aromatic heterocycles. The van der Waals surface area contributed by atoms with E-state index in [1.807, 2.05) is 0 Å². The van der Waals surface area contributed by atoms with E-state index in [9.17, 15) is 12.8 Å². The molecule has 16 heavy (non-hydrogen) atoms. The zero-order valence-corrected chi connectivity index (χ0v) is 10.6. The molecule has 0 aliphatic heterocycles. The monoisotopic (exact) mass is 264 g/mol. The summed E-state index contributed by atoms with van der Waals surface area (Å²) in [7, 11) is -0.851. The standard InChI is InChI=1S/C9H13FN2O2S2/c1-11(2)16(13,14)12(15-8-10)9-6-4-3-5-7-9/h3-7H,8H2,1-2H3. The lowest BCUT2D eigenvalue weighted by atomic mass is 10.3. The molecule has 0 fully saturated rings. The van der Waals surface area contributed by atoms with Gasteiger partial charge in [-0.1, -0.05) is 18.2 Å². The van der Waals surface area contributed by atoms with Gasteiger partial charge in [0.15, 0.2) is 6.01 Å². The predicted octanol–water partition coefficient (Wildman–Crippen LogP) is 1.87. The van der Waals surface area contributed by atoms with Crippen molar-refractivity contribution in [1.29, 1.82) is 0 Å². The molecule has 0 saturated carbocycles. The summed E-state index contributed by atoms with van der Waals surface area (Å²) in [5.74, 6) is 0. The highest BCUT2D eigenvalue weighted by molar-refractivity contribution is 8.13. The molecule has 0 spiro atoms. The number of halogens is 1. The first-order valence-corrected chi connectivity index (χ1v) is 6.81. The number of alkyl halides is 1. The van der Waals surface area contributed by atoms with E-state index < -0.39 is 16.2 Å². The van der Waals surface area contributed by atoms with Crippen molar-refractivity contribution in [2.24, 2.45) is 0 Å². The largest absolute Gasteiger partial charge is 0.313 e. The average molecular weight is 264 g/mol. The van der Waals surface area contributed by atoms with Crippen molar-refractivity contribution in [2.45, 2.75) is 0 Å². The molecule has 90 valence electrons. The lowest BCUT2D eigenvalue weighted by molar-refractivity contribution is 0.523. The zero-order valence-electron chi connectivity index (χ0n) is 9.00. The van der Waals surface area contributed by atoms with Gasteiger partial charge in [-0.25, -0.2) is 4.39 Å². The SMILES string of the molecule is CN(C)S(=O)(=O)N(SCF)c1ccccc1. The van der Waals surface area contributed by atoms with Gasteiger partial charge in [-0.05, 0) is 12.1 Å². The molecule has 4 nitrogen and oxygen atoms in total. The molecule has 1 aromatic rings. The number of anilines is 1. The van der Waals surface area contributed by atoms with Crippen molar-refractivity contribution in [3.05, 3.63) is 30.3 Å². The molecule has 0 heterocycles. The van der Waals surface area contributed by atoms with Gasteiger partial charge in [0.2, 0.25) is 0 Å². The smallest absolute Gasteiger partial charge is 0.237 e. The predicted molar refractivity (Wildman–Crippen MR) is 65.1 cm³/mol. The molecular weight excluding hydrogens is 251 g/mol. The summed E-state index contributed by atoms with van der Waals surface area (Å²) in [5.41, 5.74) is 0.429. The Balaban J connectivity index is 3.11. The Bertz CT molecular complexity index is 422. The summed E-state index contributed by atoms with van der Waals surface area (Å²) in [6.45, 7) is 0. The van der Waals surface area contributed by atoms with Gasteiger partial charge < -0.3 is 0 Å². The summed E-state index contributed by atoms with van der Waals surface area (Å²) in [4.78, 5) is 0. The highest BCUT2D eigenvalue weighted by Gasteiger charge is 2.25. The Morgan fingerprint density at radius 1 is 1.25 bits per heavy atom. The minimum atomic E-state index is -3.66. The van der Waals surface area contributed by atoms with Gasteiger partial charge in [0.25, 0.3) is 0 Å². The Morgan fingerprint density at radius 3 is 2.25 bits per heavy atom. The molecule has 0 bridgehead atoms. The Hall–Kier alpha value is -0.790. The van der Waals surface area contributed by atoms with Crippen LogP contribution in [0.5, 0.6) is 0 Å². The van der Waals surface area contributed by atoms with Crippen LogP contribution in [0.3, 0.4) is 0 Å². The van der Waals surface area contributed by atoms with E-state index in [0.717, 1.165) is 8.02 Å². The van der Waals surface area contributed by atoms with E-state index in [4.69, 9.17) is 0 Å². The van der Waals surface area contributed by atoms with E-state index in [1.165, 1.54) is 14.1 Å². The molecule has 0 N–H and O–H groups in total. The molecule has 0 aliphatic carbocycles.